The zero-order chi connectivity index (χ0) is 19.5. The van der Waals surface area contributed by atoms with Gasteiger partial charge in [-0.3, -0.25) is 9.52 Å². The summed E-state index contributed by atoms with van der Waals surface area (Å²) in [6.07, 6.45) is 2.62. The minimum Gasteiger partial charge on any atom is -0.355 e. The molecule has 1 saturated carbocycles. The minimum atomic E-state index is -3.61. The second-order valence-corrected chi connectivity index (χ2v) is 9.20. The zero-order valence-corrected chi connectivity index (χ0v) is 16.6. The van der Waals surface area contributed by atoms with Crippen LogP contribution in [0.3, 0.4) is 0 Å². The lowest BCUT2D eigenvalue weighted by molar-refractivity contribution is -0.123. The van der Waals surface area contributed by atoms with Gasteiger partial charge in [0.1, 0.15) is 0 Å². The summed E-state index contributed by atoms with van der Waals surface area (Å²) in [5, 5.41) is 3.04. The quantitative estimate of drug-likeness (QED) is 0.727. The predicted octanol–water partition coefficient (Wildman–Crippen LogP) is 3.68. The first-order chi connectivity index (χ1) is 12.8. The Labute approximate surface area is 161 Å². The number of carbonyl (C=O) groups excluding carboxylic acids is 1. The lowest BCUT2D eigenvalue weighted by Crippen LogP contribution is -2.35. The zero-order valence-electron chi connectivity index (χ0n) is 15.7. The van der Waals surface area contributed by atoms with Crippen molar-refractivity contribution in [2.45, 2.75) is 43.4 Å². The molecule has 2 aromatic carbocycles. The molecule has 27 heavy (non-hydrogen) atoms. The van der Waals surface area contributed by atoms with E-state index in [9.17, 15) is 13.2 Å². The fourth-order valence-electron chi connectivity index (χ4n) is 3.09. The summed E-state index contributed by atoms with van der Waals surface area (Å²) >= 11 is 0. The number of sulfonamides is 1. The van der Waals surface area contributed by atoms with E-state index in [1.165, 1.54) is 0 Å². The standard InChI is InChI=1S/C21H26N2O3S/c1-16(2)12-15-22-20(24)21(13-14-21)17-8-10-18(11-9-17)23-27(25,26)19-6-4-3-5-7-19/h3-11,16,23H,12-15H2,1-2H3,(H,22,24). The molecule has 0 unspecified atom stereocenters. The highest BCUT2D eigenvalue weighted by Crippen LogP contribution is 2.48. The third kappa shape index (κ3) is 4.50. The van der Waals surface area contributed by atoms with Crippen LogP contribution in [0.5, 0.6) is 0 Å². The van der Waals surface area contributed by atoms with Gasteiger partial charge >= 0.3 is 0 Å². The number of rotatable bonds is 8. The molecule has 0 heterocycles. The Hall–Kier alpha value is -2.34. The van der Waals surface area contributed by atoms with Crippen LogP contribution in [0.25, 0.3) is 0 Å². The summed E-state index contributed by atoms with van der Waals surface area (Å²) in [5.41, 5.74) is 0.971. The Bertz CT molecular complexity index is 887. The summed E-state index contributed by atoms with van der Waals surface area (Å²) in [4.78, 5) is 12.8. The van der Waals surface area contributed by atoms with Gasteiger partial charge in [-0.05, 0) is 55.0 Å². The monoisotopic (exact) mass is 386 g/mol. The maximum atomic E-state index is 12.6. The lowest BCUT2D eigenvalue weighted by atomic mass is 9.94. The molecule has 0 atom stereocenters. The molecule has 1 fully saturated rings. The Kier molecular flexibility index (Phi) is 5.56. The van der Waals surface area contributed by atoms with Crippen LogP contribution in [0.2, 0.25) is 0 Å². The first-order valence-corrected chi connectivity index (χ1v) is 10.8. The third-order valence-electron chi connectivity index (χ3n) is 4.94. The molecule has 0 spiro atoms. The summed E-state index contributed by atoms with van der Waals surface area (Å²) in [6, 6.07) is 15.4. The van der Waals surface area contributed by atoms with E-state index < -0.39 is 15.4 Å². The molecule has 0 aromatic heterocycles. The van der Waals surface area contributed by atoms with Gasteiger partial charge in [0.2, 0.25) is 5.91 Å². The average Bonchev–Trinajstić information content (AvgIpc) is 3.44. The smallest absolute Gasteiger partial charge is 0.261 e. The molecule has 5 nitrogen and oxygen atoms in total. The summed E-state index contributed by atoms with van der Waals surface area (Å²) in [6.45, 7) is 4.95. The Morgan fingerprint density at radius 3 is 2.22 bits per heavy atom. The number of amides is 1. The second kappa shape index (κ2) is 7.72. The van der Waals surface area contributed by atoms with E-state index in [-0.39, 0.29) is 10.8 Å². The van der Waals surface area contributed by atoms with E-state index in [4.69, 9.17) is 0 Å². The summed E-state index contributed by atoms with van der Waals surface area (Å²) in [7, 11) is -3.61. The first kappa shape index (κ1) is 19.4. The highest BCUT2D eigenvalue weighted by Gasteiger charge is 2.51. The van der Waals surface area contributed by atoms with Crippen molar-refractivity contribution in [1.82, 2.24) is 5.32 Å². The summed E-state index contributed by atoms with van der Waals surface area (Å²) < 4.78 is 27.4. The highest BCUT2D eigenvalue weighted by atomic mass is 32.2. The van der Waals surface area contributed by atoms with Crippen molar-refractivity contribution in [2.24, 2.45) is 5.92 Å². The molecule has 1 aliphatic rings. The number of benzene rings is 2. The predicted molar refractivity (Wildman–Crippen MR) is 107 cm³/mol. The lowest BCUT2D eigenvalue weighted by Gasteiger charge is -2.17. The van der Waals surface area contributed by atoms with Gasteiger partial charge in [0, 0.05) is 12.2 Å². The molecule has 0 bridgehead atoms. The van der Waals surface area contributed by atoms with Crippen LogP contribution >= 0.6 is 0 Å². The van der Waals surface area contributed by atoms with Crippen LogP contribution in [-0.2, 0) is 20.2 Å². The van der Waals surface area contributed by atoms with Crippen molar-refractivity contribution < 1.29 is 13.2 Å². The number of carbonyl (C=O) groups is 1. The van der Waals surface area contributed by atoms with Crippen molar-refractivity contribution in [3.05, 3.63) is 60.2 Å². The fourth-order valence-corrected chi connectivity index (χ4v) is 4.17. The molecule has 0 radical (unpaired) electrons. The normalized spacial score (nSPS) is 15.4. The van der Waals surface area contributed by atoms with Gasteiger partial charge in [-0.25, -0.2) is 8.42 Å². The van der Waals surface area contributed by atoms with E-state index in [0.29, 0.717) is 18.2 Å². The van der Waals surface area contributed by atoms with Gasteiger partial charge in [0.15, 0.2) is 0 Å². The first-order valence-electron chi connectivity index (χ1n) is 9.30. The van der Waals surface area contributed by atoms with Gasteiger partial charge in [0.25, 0.3) is 10.0 Å². The van der Waals surface area contributed by atoms with Crippen molar-refractivity contribution in [2.75, 3.05) is 11.3 Å². The fraction of sp³-hybridized carbons (Fsp3) is 0.381. The molecular weight excluding hydrogens is 360 g/mol. The van der Waals surface area contributed by atoms with Crippen LogP contribution < -0.4 is 10.0 Å². The molecule has 1 amide bonds. The number of hydrogen-bond acceptors (Lipinski definition) is 3. The molecule has 144 valence electrons. The van der Waals surface area contributed by atoms with E-state index in [1.807, 2.05) is 12.1 Å². The number of anilines is 1. The van der Waals surface area contributed by atoms with Crippen LogP contribution in [-0.4, -0.2) is 20.9 Å². The number of nitrogens with one attached hydrogen (secondary N) is 2. The largest absolute Gasteiger partial charge is 0.355 e. The Morgan fingerprint density at radius 2 is 1.67 bits per heavy atom. The van der Waals surface area contributed by atoms with Gasteiger partial charge in [-0.15, -0.1) is 0 Å². The van der Waals surface area contributed by atoms with E-state index in [0.717, 1.165) is 24.8 Å². The molecule has 3 rings (SSSR count). The maximum Gasteiger partial charge on any atom is 0.261 e. The topological polar surface area (TPSA) is 75.3 Å². The average molecular weight is 387 g/mol. The molecule has 2 N–H and O–H groups in total. The van der Waals surface area contributed by atoms with Crippen LogP contribution in [0, 0.1) is 5.92 Å². The van der Waals surface area contributed by atoms with E-state index in [2.05, 4.69) is 23.9 Å². The molecular formula is C21H26N2O3S. The third-order valence-corrected chi connectivity index (χ3v) is 6.33. The molecule has 0 saturated heterocycles. The Morgan fingerprint density at radius 1 is 1.04 bits per heavy atom. The molecule has 0 aliphatic heterocycles. The van der Waals surface area contributed by atoms with Crippen molar-refractivity contribution >= 4 is 21.6 Å². The van der Waals surface area contributed by atoms with Crippen molar-refractivity contribution in [3.8, 4) is 0 Å². The molecule has 1 aliphatic carbocycles. The van der Waals surface area contributed by atoms with Crippen LogP contribution in [0.15, 0.2) is 59.5 Å². The van der Waals surface area contributed by atoms with Gasteiger partial charge in [-0.2, -0.15) is 0 Å². The second-order valence-electron chi connectivity index (χ2n) is 7.52. The van der Waals surface area contributed by atoms with E-state index >= 15 is 0 Å². The molecule has 6 heteroatoms. The van der Waals surface area contributed by atoms with Gasteiger partial charge in [-0.1, -0.05) is 44.2 Å². The number of hydrogen-bond donors (Lipinski definition) is 2. The van der Waals surface area contributed by atoms with Crippen molar-refractivity contribution in [1.29, 1.82) is 0 Å². The SMILES string of the molecule is CC(C)CCNC(=O)C1(c2ccc(NS(=O)(=O)c3ccccc3)cc2)CC1. The van der Waals surface area contributed by atoms with Gasteiger partial charge in [0.05, 0.1) is 10.3 Å². The van der Waals surface area contributed by atoms with Gasteiger partial charge < -0.3 is 5.32 Å². The van der Waals surface area contributed by atoms with Crippen molar-refractivity contribution in [3.63, 3.8) is 0 Å². The highest BCUT2D eigenvalue weighted by molar-refractivity contribution is 7.92. The van der Waals surface area contributed by atoms with E-state index in [1.54, 1.807) is 42.5 Å². The maximum absolute atomic E-state index is 12.6. The Balaban J connectivity index is 1.68. The molecule has 2 aromatic rings. The summed E-state index contributed by atoms with van der Waals surface area (Å²) in [5.74, 6) is 0.623. The van der Waals surface area contributed by atoms with Crippen LogP contribution in [0.4, 0.5) is 5.69 Å². The minimum absolute atomic E-state index is 0.0702. The van der Waals surface area contributed by atoms with Crippen LogP contribution in [0.1, 0.15) is 38.7 Å².